The van der Waals surface area contributed by atoms with E-state index in [0.29, 0.717) is 24.2 Å². The maximum atomic E-state index is 13.8. The number of hydrogen-bond acceptors (Lipinski definition) is 5. The van der Waals surface area contributed by atoms with E-state index >= 15 is 0 Å². The van der Waals surface area contributed by atoms with Crippen LogP contribution in [0.5, 0.6) is 0 Å². The number of hydrogen-bond donors (Lipinski definition) is 0. The molecule has 1 atom stereocenters. The molecule has 3 aromatic rings. The van der Waals surface area contributed by atoms with Crippen molar-refractivity contribution in [2.45, 2.75) is 58.4 Å². The lowest BCUT2D eigenvalue weighted by atomic mass is 9.97. The molecule has 0 aliphatic heterocycles. The quantitative estimate of drug-likeness (QED) is 0.542. The van der Waals surface area contributed by atoms with Gasteiger partial charge in [-0.1, -0.05) is 44.2 Å². The lowest BCUT2D eigenvalue weighted by Gasteiger charge is -2.21. The summed E-state index contributed by atoms with van der Waals surface area (Å²) in [6.45, 7) is 4.22. The number of aryl methyl sites for hydroxylation is 2. The Morgan fingerprint density at radius 3 is 2.69 bits per heavy atom. The monoisotopic (exact) mass is 410 g/mol. The lowest BCUT2D eigenvalue weighted by Crippen LogP contribution is -2.33. The SMILES string of the molecule is CCCOC(=O)C(CC)n1c(-c2ccccc2)nc2sc3c(c2c1=O)CCCC3. The molecular weight excluding hydrogens is 384 g/mol. The van der Waals surface area contributed by atoms with Crippen LogP contribution in [0, 0.1) is 0 Å². The highest BCUT2D eigenvalue weighted by atomic mass is 32.1. The normalized spacial score (nSPS) is 14.6. The Labute approximate surface area is 174 Å². The molecule has 0 N–H and O–H groups in total. The zero-order chi connectivity index (χ0) is 20.4. The number of ether oxygens (including phenoxy) is 1. The van der Waals surface area contributed by atoms with E-state index in [2.05, 4.69) is 0 Å². The van der Waals surface area contributed by atoms with Crippen molar-refractivity contribution in [3.8, 4) is 11.4 Å². The fraction of sp³-hybridized carbons (Fsp3) is 0.435. The molecule has 0 amide bonds. The Balaban J connectivity index is 1.98. The van der Waals surface area contributed by atoms with Crippen molar-refractivity contribution in [3.05, 3.63) is 51.1 Å². The number of rotatable bonds is 6. The van der Waals surface area contributed by atoms with Gasteiger partial charge in [0.2, 0.25) is 0 Å². The van der Waals surface area contributed by atoms with Gasteiger partial charge in [-0.25, -0.2) is 9.78 Å². The van der Waals surface area contributed by atoms with Crippen LogP contribution in [0.1, 0.15) is 56.0 Å². The van der Waals surface area contributed by atoms with E-state index in [1.165, 1.54) is 4.88 Å². The summed E-state index contributed by atoms with van der Waals surface area (Å²) in [6.07, 6.45) is 5.38. The number of benzene rings is 1. The number of aromatic nitrogens is 2. The first-order valence-corrected chi connectivity index (χ1v) is 11.3. The van der Waals surface area contributed by atoms with Crippen molar-refractivity contribution in [1.29, 1.82) is 0 Å². The first-order valence-electron chi connectivity index (χ1n) is 10.4. The predicted molar refractivity (Wildman–Crippen MR) is 117 cm³/mol. The summed E-state index contributed by atoms with van der Waals surface area (Å²) < 4.78 is 7.01. The van der Waals surface area contributed by atoms with Gasteiger partial charge in [0, 0.05) is 10.4 Å². The molecule has 0 saturated carbocycles. The third-order valence-corrected chi connectivity index (χ3v) is 6.66. The second-order valence-corrected chi connectivity index (χ2v) is 8.54. The van der Waals surface area contributed by atoms with Gasteiger partial charge in [0.15, 0.2) is 0 Å². The van der Waals surface area contributed by atoms with Gasteiger partial charge in [-0.3, -0.25) is 9.36 Å². The van der Waals surface area contributed by atoms with Crippen LogP contribution in [0.3, 0.4) is 0 Å². The second-order valence-electron chi connectivity index (χ2n) is 7.46. The molecule has 0 saturated heterocycles. The molecule has 0 fully saturated rings. The molecule has 1 aliphatic rings. The summed E-state index contributed by atoms with van der Waals surface area (Å²) in [4.78, 5) is 33.6. The van der Waals surface area contributed by atoms with Gasteiger partial charge >= 0.3 is 5.97 Å². The van der Waals surface area contributed by atoms with Crippen molar-refractivity contribution in [2.24, 2.45) is 0 Å². The first-order chi connectivity index (χ1) is 14.2. The van der Waals surface area contributed by atoms with Crippen molar-refractivity contribution in [2.75, 3.05) is 6.61 Å². The van der Waals surface area contributed by atoms with Crippen LogP contribution in [0.2, 0.25) is 0 Å². The number of carbonyl (C=O) groups is 1. The highest BCUT2D eigenvalue weighted by Crippen LogP contribution is 2.35. The number of carbonyl (C=O) groups excluding carboxylic acids is 1. The fourth-order valence-corrected chi connectivity index (χ4v) is 5.30. The third kappa shape index (κ3) is 3.62. The number of thiophene rings is 1. The van der Waals surface area contributed by atoms with Crippen LogP contribution in [0.25, 0.3) is 21.6 Å². The number of esters is 1. The Morgan fingerprint density at radius 1 is 1.21 bits per heavy atom. The minimum atomic E-state index is -0.680. The number of fused-ring (bicyclic) bond motifs is 3. The molecular formula is C23H26N2O3S. The minimum Gasteiger partial charge on any atom is -0.464 e. The molecule has 4 rings (SSSR count). The van der Waals surface area contributed by atoms with Crippen molar-refractivity contribution >= 4 is 27.5 Å². The molecule has 0 bridgehead atoms. The van der Waals surface area contributed by atoms with Gasteiger partial charge in [0.25, 0.3) is 5.56 Å². The Hall–Kier alpha value is -2.47. The molecule has 29 heavy (non-hydrogen) atoms. The smallest absolute Gasteiger partial charge is 0.329 e. The molecule has 0 radical (unpaired) electrons. The van der Waals surface area contributed by atoms with Gasteiger partial charge in [0.1, 0.15) is 16.7 Å². The van der Waals surface area contributed by atoms with E-state index in [9.17, 15) is 9.59 Å². The second kappa shape index (κ2) is 8.49. The summed E-state index contributed by atoms with van der Waals surface area (Å²) in [5.41, 5.74) is 1.85. The van der Waals surface area contributed by atoms with E-state index in [0.717, 1.165) is 48.1 Å². The standard InChI is InChI=1S/C23H26N2O3S/c1-3-14-28-23(27)17(4-2)25-20(15-10-6-5-7-11-15)24-21-19(22(25)26)16-12-8-9-13-18(16)29-21/h5-7,10-11,17H,3-4,8-9,12-14H2,1-2H3. The van der Waals surface area contributed by atoms with E-state index in [-0.39, 0.29) is 11.5 Å². The third-order valence-electron chi connectivity index (χ3n) is 5.47. The molecule has 1 aromatic carbocycles. The predicted octanol–water partition coefficient (Wildman–Crippen LogP) is 4.91. The van der Waals surface area contributed by atoms with Gasteiger partial charge in [0.05, 0.1) is 12.0 Å². The largest absolute Gasteiger partial charge is 0.464 e. The highest BCUT2D eigenvalue weighted by Gasteiger charge is 2.29. The van der Waals surface area contributed by atoms with Crippen LogP contribution in [0.15, 0.2) is 35.1 Å². The summed E-state index contributed by atoms with van der Waals surface area (Å²) >= 11 is 1.63. The first kappa shape index (κ1) is 19.8. The van der Waals surface area contributed by atoms with Crippen LogP contribution in [-0.2, 0) is 22.4 Å². The van der Waals surface area contributed by atoms with Crippen LogP contribution >= 0.6 is 11.3 Å². The molecule has 2 heterocycles. The van der Waals surface area contributed by atoms with E-state index in [4.69, 9.17) is 9.72 Å². The molecule has 0 spiro atoms. The lowest BCUT2D eigenvalue weighted by molar-refractivity contribution is -0.147. The molecule has 2 aromatic heterocycles. The zero-order valence-electron chi connectivity index (χ0n) is 16.9. The van der Waals surface area contributed by atoms with Crippen molar-refractivity contribution in [1.82, 2.24) is 9.55 Å². The maximum absolute atomic E-state index is 13.8. The van der Waals surface area contributed by atoms with E-state index in [1.807, 2.05) is 44.2 Å². The Kier molecular flexibility index (Phi) is 5.81. The minimum absolute atomic E-state index is 0.117. The average molecular weight is 411 g/mol. The van der Waals surface area contributed by atoms with Crippen LogP contribution in [-0.4, -0.2) is 22.1 Å². The van der Waals surface area contributed by atoms with Crippen molar-refractivity contribution < 1.29 is 9.53 Å². The molecule has 1 aliphatic carbocycles. The molecule has 1 unspecified atom stereocenters. The molecule has 5 nitrogen and oxygen atoms in total. The average Bonchev–Trinajstić information content (AvgIpc) is 3.13. The summed E-state index contributed by atoms with van der Waals surface area (Å²) in [7, 11) is 0. The summed E-state index contributed by atoms with van der Waals surface area (Å²) in [5.74, 6) is 0.181. The zero-order valence-corrected chi connectivity index (χ0v) is 17.8. The molecule has 152 valence electrons. The van der Waals surface area contributed by atoms with Gasteiger partial charge in [-0.2, -0.15) is 0 Å². The Bertz CT molecular complexity index is 1080. The van der Waals surface area contributed by atoms with Gasteiger partial charge in [-0.05, 0) is 44.1 Å². The van der Waals surface area contributed by atoms with Crippen molar-refractivity contribution in [3.63, 3.8) is 0 Å². The maximum Gasteiger partial charge on any atom is 0.329 e. The van der Waals surface area contributed by atoms with Gasteiger partial charge < -0.3 is 4.74 Å². The van der Waals surface area contributed by atoms with Crippen LogP contribution in [0.4, 0.5) is 0 Å². The van der Waals surface area contributed by atoms with E-state index in [1.54, 1.807) is 15.9 Å². The fourth-order valence-electron chi connectivity index (χ4n) is 4.05. The summed E-state index contributed by atoms with van der Waals surface area (Å²) in [6, 6.07) is 8.96. The number of nitrogens with zero attached hydrogens (tertiary/aromatic N) is 2. The van der Waals surface area contributed by atoms with E-state index < -0.39 is 6.04 Å². The highest BCUT2D eigenvalue weighted by molar-refractivity contribution is 7.18. The topological polar surface area (TPSA) is 61.2 Å². The van der Waals surface area contributed by atoms with Gasteiger partial charge in [-0.15, -0.1) is 11.3 Å². The Morgan fingerprint density at radius 2 is 1.97 bits per heavy atom. The van der Waals surface area contributed by atoms with Crippen LogP contribution < -0.4 is 5.56 Å². The molecule has 6 heteroatoms. The summed E-state index contributed by atoms with van der Waals surface area (Å²) in [5, 5.41) is 0.700.